The Morgan fingerprint density at radius 1 is 1.23 bits per heavy atom. The maximum atomic E-state index is 6.06. The summed E-state index contributed by atoms with van der Waals surface area (Å²) in [7, 11) is 0. The number of piperidine rings is 1. The van der Waals surface area contributed by atoms with Crippen LogP contribution in [0.1, 0.15) is 25.7 Å². The molecule has 9 nitrogen and oxygen atoms in total. The van der Waals surface area contributed by atoms with Crippen LogP contribution in [0.15, 0.2) is 28.7 Å². The highest BCUT2D eigenvalue weighted by Crippen LogP contribution is 2.40. The molecule has 30 heavy (non-hydrogen) atoms. The second kappa shape index (κ2) is 7.79. The van der Waals surface area contributed by atoms with Gasteiger partial charge in [-0.15, -0.1) is 10.2 Å². The summed E-state index contributed by atoms with van der Waals surface area (Å²) in [5.74, 6) is 2.78. The van der Waals surface area contributed by atoms with Crippen LogP contribution in [0.5, 0.6) is 11.8 Å². The smallest absolute Gasteiger partial charge is 0.322 e. The molecular formula is C20H24ClN7O2. The third-order valence-corrected chi connectivity index (χ3v) is 6.09. The number of hydrogen-bond acceptors (Lipinski definition) is 8. The van der Waals surface area contributed by atoms with Crippen molar-refractivity contribution in [1.29, 1.82) is 0 Å². The van der Waals surface area contributed by atoms with Crippen LogP contribution in [-0.4, -0.2) is 44.1 Å². The van der Waals surface area contributed by atoms with Crippen LogP contribution in [0, 0.1) is 18.8 Å². The first kappa shape index (κ1) is 19.2. The van der Waals surface area contributed by atoms with Gasteiger partial charge >= 0.3 is 12.0 Å². The Morgan fingerprint density at radius 3 is 2.70 bits per heavy atom. The van der Waals surface area contributed by atoms with Crippen LogP contribution in [0.2, 0.25) is 5.02 Å². The standard InChI is InChI=1S/C20H24ClN7O2/c1-3-28-19(30-16-6-4-5-15(21)9-16)23-18(26-28)22-17-13-7-8-14(17)11-27(10-13)20-25-24-12(2)29-20/h4-6,9,13-14,17H,3,7-8,10-11H2,1-2H3,(H,22,26)/t13-,14+,17+. The van der Waals surface area contributed by atoms with Crippen molar-refractivity contribution in [3.05, 3.63) is 35.2 Å². The zero-order valence-corrected chi connectivity index (χ0v) is 17.7. The predicted octanol–water partition coefficient (Wildman–Crippen LogP) is 3.76. The van der Waals surface area contributed by atoms with E-state index in [1.807, 2.05) is 32.0 Å². The quantitative estimate of drug-likeness (QED) is 0.632. The lowest BCUT2D eigenvalue weighted by Crippen LogP contribution is -2.48. The normalized spacial score (nSPS) is 23.0. The predicted molar refractivity (Wildman–Crippen MR) is 112 cm³/mol. The first-order chi connectivity index (χ1) is 14.6. The highest BCUT2D eigenvalue weighted by molar-refractivity contribution is 6.30. The second-order valence-electron chi connectivity index (χ2n) is 7.87. The lowest BCUT2D eigenvalue weighted by atomic mass is 9.92. The molecule has 3 aromatic rings. The fourth-order valence-electron chi connectivity index (χ4n) is 4.48. The van der Waals surface area contributed by atoms with Crippen molar-refractivity contribution in [2.24, 2.45) is 11.8 Å². The molecule has 0 unspecified atom stereocenters. The fraction of sp³-hybridized carbons (Fsp3) is 0.500. The molecule has 10 heteroatoms. The SMILES string of the molecule is CCn1nc(N[C@H]2[C@@H]3CC[C@H]2CN(c2nnc(C)o2)C3)nc1Oc1cccc(Cl)c1. The van der Waals surface area contributed by atoms with Gasteiger partial charge in [0.2, 0.25) is 11.8 Å². The molecule has 2 aliphatic rings. The molecule has 3 atom stereocenters. The van der Waals surface area contributed by atoms with Crippen molar-refractivity contribution in [2.45, 2.75) is 39.3 Å². The fourth-order valence-corrected chi connectivity index (χ4v) is 4.66. The van der Waals surface area contributed by atoms with E-state index in [2.05, 4.69) is 30.5 Å². The molecule has 2 fully saturated rings. The number of aromatic nitrogens is 5. The molecule has 2 aromatic heterocycles. The van der Waals surface area contributed by atoms with E-state index in [1.54, 1.807) is 10.7 Å². The summed E-state index contributed by atoms with van der Waals surface area (Å²) >= 11 is 6.06. The van der Waals surface area contributed by atoms with Crippen LogP contribution < -0.4 is 15.0 Å². The van der Waals surface area contributed by atoms with E-state index in [9.17, 15) is 0 Å². The highest BCUT2D eigenvalue weighted by Gasteiger charge is 2.43. The van der Waals surface area contributed by atoms with E-state index in [0.29, 0.717) is 59.1 Å². The lowest BCUT2D eigenvalue weighted by Gasteiger charge is -2.37. The van der Waals surface area contributed by atoms with Crippen LogP contribution >= 0.6 is 11.6 Å². The number of hydrogen-bond donors (Lipinski definition) is 1. The molecule has 1 saturated heterocycles. The number of ether oxygens (including phenoxy) is 1. The Kier molecular flexibility index (Phi) is 4.98. The molecule has 1 saturated carbocycles. The van der Waals surface area contributed by atoms with E-state index >= 15 is 0 Å². The second-order valence-corrected chi connectivity index (χ2v) is 8.31. The van der Waals surface area contributed by atoms with Gasteiger partial charge in [0.05, 0.1) is 0 Å². The van der Waals surface area contributed by atoms with Gasteiger partial charge in [-0.3, -0.25) is 0 Å². The molecule has 1 aliphatic heterocycles. The maximum absolute atomic E-state index is 6.06. The maximum Gasteiger partial charge on any atom is 0.322 e. The number of benzene rings is 1. The van der Waals surface area contributed by atoms with Crippen molar-refractivity contribution in [3.8, 4) is 11.8 Å². The first-order valence-corrected chi connectivity index (χ1v) is 10.7. The Bertz CT molecular complexity index is 1020. The number of aryl methyl sites for hydroxylation is 2. The Hall–Kier alpha value is -2.81. The van der Waals surface area contributed by atoms with Crippen molar-refractivity contribution < 1.29 is 9.15 Å². The molecule has 1 aliphatic carbocycles. The number of halogens is 1. The highest BCUT2D eigenvalue weighted by atomic mass is 35.5. The zero-order valence-electron chi connectivity index (χ0n) is 17.0. The number of fused-ring (bicyclic) bond motifs is 2. The Morgan fingerprint density at radius 2 is 2.03 bits per heavy atom. The summed E-state index contributed by atoms with van der Waals surface area (Å²) in [6.45, 7) is 6.26. The van der Waals surface area contributed by atoms with Crippen molar-refractivity contribution in [1.82, 2.24) is 25.0 Å². The number of nitrogens with zero attached hydrogens (tertiary/aromatic N) is 6. The Labute approximate surface area is 179 Å². The zero-order chi connectivity index (χ0) is 20.7. The van der Waals surface area contributed by atoms with E-state index in [-0.39, 0.29) is 0 Å². The van der Waals surface area contributed by atoms with Crippen molar-refractivity contribution >= 4 is 23.6 Å². The van der Waals surface area contributed by atoms with Crippen LogP contribution in [0.3, 0.4) is 0 Å². The largest absolute Gasteiger partial charge is 0.424 e. The summed E-state index contributed by atoms with van der Waals surface area (Å²) in [6, 6.07) is 8.66. The van der Waals surface area contributed by atoms with Gasteiger partial charge < -0.3 is 19.4 Å². The molecule has 1 aromatic carbocycles. The van der Waals surface area contributed by atoms with Gasteiger partial charge in [0.25, 0.3) is 0 Å². The minimum atomic E-state index is 0.317. The summed E-state index contributed by atoms with van der Waals surface area (Å²) in [5, 5.41) is 16.9. The van der Waals surface area contributed by atoms with Crippen molar-refractivity contribution in [3.63, 3.8) is 0 Å². The van der Waals surface area contributed by atoms with Gasteiger partial charge in [-0.05, 0) is 49.8 Å². The average molecular weight is 430 g/mol. The molecule has 3 heterocycles. The third-order valence-electron chi connectivity index (χ3n) is 5.86. The van der Waals surface area contributed by atoms with Gasteiger partial charge in [0.1, 0.15) is 5.75 Å². The van der Waals surface area contributed by atoms with Crippen LogP contribution in [0.25, 0.3) is 0 Å². The average Bonchev–Trinajstić information content (AvgIpc) is 3.38. The summed E-state index contributed by atoms with van der Waals surface area (Å²) < 4.78 is 13.3. The van der Waals surface area contributed by atoms with E-state index in [0.717, 1.165) is 25.9 Å². The third kappa shape index (κ3) is 3.69. The minimum absolute atomic E-state index is 0.317. The summed E-state index contributed by atoms with van der Waals surface area (Å²) in [6.07, 6.45) is 2.32. The van der Waals surface area contributed by atoms with Gasteiger partial charge in [-0.1, -0.05) is 22.8 Å². The summed E-state index contributed by atoms with van der Waals surface area (Å²) in [5.41, 5.74) is 0. The van der Waals surface area contributed by atoms with E-state index in [1.165, 1.54) is 0 Å². The molecule has 2 bridgehead atoms. The molecular weight excluding hydrogens is 406 g/mol. The number of nitrogens with one attached hydrogen (secondary N) is 1. The van der Waals surface area contributed by atoms with Crippen LogP contribution in [0.4, 0.5) is 12.0 Å². The van der Waals surface area contributed by atoms with E-state index < -0.39 is 0 Å². The van der Waals surface area contributed by atoms with E-state index in [4.69, 9.17) is 20.8 Å². The van der Waals surface area contributed by atoms with Gasteiger partial charge in [-0.2, -0.15) is 4.98 Å². The molecule has 158 valence electrons. The van der Waals surface area contributed by atoms with Crippen LogP contribution in [-0.2, 0) is 6.54 Å². The number of rotatable bonds is 6. The van der Waals surface area contributed by atoms with Gasteiger partial charge in [-0.25, -0.2) is 4.68 Å². The monoisotopic (exact) mass is 429 g/mol. The lowest BCUT2D eigenvalue weighted by molar-refractivity contribution is 0.357. The number of anilines is 2. The van der Waals surface area contributed by atoms with Gasteiger partial charge in [0.15, 0.2) is 0 Å². The molecule has 0 spiro atoms. The van der Waals surface area contributed by atoms with Gasteiger partial charge in [0, 0.05) is 37.6 Å². The molecule has 5 rings (SSSR count). The first-order valence-electron chi connectivity index (χ1n) is 10.3. The topological polar surface area (TPSA) is 94.1 Å². The minimum Gasteiger partial charge on any atom is -0.424 e. The molecule has 0 radical (unpaired) electrons. The van der Waals surface area contributed by atoms with Crippen molar-refractivity contribution in [2.75, 3.05) is 23.3 Å². The molecule has 1 N–H and O–H groups in total. The molecule has 0 amide bonds. The Balaban J connectivity index is 1.30. The summed E-state index contributed by atoms with van der Waals surface area (Å²) in [4.78, 5) is 6.80.